The highest BCUT2D eigenvalue weighted by Gasteiger charge is 2.27. The van der Waals surface area contributed by atoms with Gasteiger partial charge in [0.05, 0.1) is 29.1 Å². The number of benzene rings is 1. The number of rotatable bonds is 6. The van der Waals surface area contributed by atoms with Crippen LogP contribution in [0.1, 0.15) is 26.6 Å². The molecular formula is C19H25N3O5S. The molecule has 0 saturated carbocycles. The van der Waals surface area contributed by atoms with E-state index >= 15 is 0 Å². The predicted molar refractivity (Wildman–Crippen MR) is 104 cm³/mol. The third-order valence-electron chi connectivity index (χ3n) is 4.47. The number of morpholine rings is 1. The first-order chi connectivity index (χ1) is 13.3. The largest absolute Gasteiger partial charge is 0.454 e. The SMILES string of the molecule is CCn1c(COC(=O)C=C(C)C)nc2cc(S(=O)(=O)N3CCOCC3)ccc21. The molecule has 0 atom stereocenters. The Morgan fingerprint density at radius 3 is 2.64 bits per heavy atom. The third kappa shape index (κ3) is 4.26. The van der Waals surface area contributed by atoms with Crippen molar-refractivity contribution in [2.75, 3.05) is 26.3 Å². The number of allylic oxidation sites excluding steroid dienone is 1. The van der Waals surface area contributed by atoms with Gasteiger partial charge in [-0.25, -0.2) is 18.2 Å². The molecule has 3 rings (SSSR count). The number of aryl methyl sites for hydroxylation is 1. The van der Waals surface area contributed by atoms with E-state index in [0.717, 1.165) is 11.1 Å². The minimum absolute atomic E-state index is 0.0245. The lowest BCUT2D eigenvalue weighted by atomic mass is 10.3. The monoisotopic (exact) mass is 407 g/mol. The van der Waals surface area contributed by atoms with Gasteiger partial charge in [-0.1, -0.05) is 5.57 Å². The molecule has 152 valence electrons. The molecule has 9 heteroatoms. The van der Waals surface area contributed by atoms with Gasteiger partial charge in [-0.2, -0.15) is 4.31 Å². The topological polar surface area (TPSA) is 90.7 Å². The highest BCUT2D eigenvalue weighted by molar-refractivity contribution is 7.89. The second-order valence-electron chi connectivity index (χ2n) is 6.77. The predicted octanol–water partition coefficient (Wildman–Crippen LogP) is 2.09. The van der Waals surface area contributed by atoms with Crippen molar-refractivity contribution in [2.45, 2.75) is 38.8 Å². The van der Waals surface area contributed by atoms with Gasteiger partial charge >= 0.3 is 5.97 Å². The smallest absolute Gasteiger partial charge is 0.331 e. The normalized spacial score (nSPS) is 15.5. The van der Waals surface area contributed by atoms with E-state index < -0.39 is 16.0 Å². The van der Waals surface area contributed by atoms with Crippen LogP contribution in [0.25, 0.3) is 11.0 Å². The van der Waals surface area contributed by atoms with Gasteiger partial charge in [0.25, 0.3) is 0 Å². The summed E-state index contributed by atoms with van der Waals surface area (Å²) in [6.45, 7) is 7.72. The van der Waals surface area contributed by atoms with Crippen molar-refractivity contribution in [3.63, 3.8) is 0 Å². The van der Waals surface area contributed by atoms with Crippen molar-refractivity contribution in [1.82, 2.24) is 13.9 Å². The molecule has 28 heavy (non-hydrogen) atoms. The van der Waals surface area contributed by atoms with Gasteiger partial charge in [0, 0.05) is 25.7 Å². The molecule has 0 aliphatic carbocycles. The van der Waals surface area contributed by atoms with E-state index in [1.165, 1.54) is 10.4 Å². The molecule has 8 nitrogen and oxygen atoms in total. The summed E-state index contributed by atoms with van der Waals surface area (Å²) in [7, 11) is -3.59. The molecule has 2 heterocycles. The second kappa shape index (κ2) is 8.42. The van der Waals surface area contributed by atoms with Crippen LogP contribution < -0.4 is 0 Å². The Kier molecular flexibility index (Phi) is 6.17. The van der Waals surface area contributed by atoms with Gasteiger partial charge in [0.15, 0.2) is 0 Å². The molecule has 0 radical (unpaired) electrons. The molecule has 1 aliphatic heterocycles. The number of carbonyl (C=O) groups is 1. The number of nitrogens with zero attached hydrogens (tertiary/aromatic N) is 3. The zero-order valence-corrected chi connectivity index (χ0v) is 17.2. The molecule has 1 fully saturated rings. The van der Waals surface area contributed by atoms with Crippen LogP contribution >= 0.6 is 0 Å². The van der Waals surface area contributed by atoms with Gasteiger partial charge in [0.1, 0.15) is 12.4 Å². The van der Waals surface area contributed by atoms with E-state index in [-0.39, 0.29) is 11.5 Å². The minimum atomic E-state index is -3.59. The number of fused-ring (bicyclic) bond motifs is 1. The molecule has 0 spiro atoms. The molecule has 1 aliphatic rings. The second-order valence-corrected chi connectivity index (χ2v) is 8.71. The Hall–Kier alpha value is -2.23. The van der Waals surface area contributed by atoms with E-state index in [9.17, 15) is 13.2 Å². The summed E-state index contributed by atoms with van der Waals surface area (Å²) >= 11 is 0. The van der Waals surface area contributed by atoms with Crippen LogP contribution in [-0.2, 0) is 37.4 Å². The number of carbonyl (C=O) groups excluding carboxylic acids is 1. The summed E-state index contributed by atoms with van der Waals surface area (Å²) in [6.07, 6.45) is 1.42. The lowest BCUT2D eigenvalue weighted by molar-refractivity contribution is -0.139. The molecular weight excluding hydrogens is 382 g/mol. The van der Waals surface area contributed by atoms with Crippen LogP contribution in [0.15, 0.2) is 34.7 Å². The molecule has 1 aromatic heterocycles. The molecule has 0 N–H and O–H groups in total. The summed E-state index contributed by atoms with van der Waals surface area (Å²) in [6, 6.07) is 4.92. The quantitative estimate of drug-likeness (QED) is 0.538. The van der Waals surface area contributed by atoms with Gasteiger partial charge in [-0.15, -0.1) is 0 Å². The summed E-state index contributed by atoms with van der Waals surface area (Å²) in [5, 5.41) is 0. The summed E-state index contributed by atoms with van der Waals surface area (Å²) in [5.41, 5.74) is 2.22. The summed E-state index contributed by atoms with van der Waals surface area (Å²) in [4.78, 5) is 16.5. The van der Waals surface area contributed by atoms with Crippen molar-refractivity contribution in [3.05, 3.63) is 35.7 Å². The van der Waals surface area contributed by atoms with Crippen LogP contribution in [0.3, 0.4) is 0 Å². The third-order valence-corrected chi connectivity index (χ3v) is 6.37. The van der Waals surface area contributed by atoms with Crippen LogP contribution in [0, 0.1) is 0 Å². The van der Waals surface area contributed by atoms with E-state index in [2.05, 4.69) is 4.98 Å². The standard InChI is InChI=1S/C19H25N3O5S/c1-4-22-17-6-5-15(28(24,25)21-7-9-26-10-8-21)12-16(17)20-18(22)13-27-19(23)11-14(2)3/h5-6,11-12H,4,7-10,13H2,1-3H3. The molecule has 0 bridgehead atoms. The first-order valence-corrected chi connectivity index (χ1v) is 10.7. The van der Waals surface area contributed by atoms with Gasteiger partial charge in [-0.3, -0.25) is 0 Å². The average Bonchev–Trinajstić information content (AvgIpc) is 3.03. The van der Waals surface area contributed by atoms with E-state index in [0.29, 0.717) is 44.2 Å². The van der Waals surface area contributed by atoms with Crippen LogP contribution in [0.4, 0.5) is 0 Å². The number of aromatic nitrogens is 2. The average molecular weight is 407 g/mol. The van der Waals surface area contributed by atoms with Crippen molar-refractivity contribution >= 4 is 27.0 Å². The number of sulfonamides is 1. The Balaban J connectivity index is 1.90. The molecule has 1 aromatic carbocycles. The Morgan fingerprint density at radius 1 is 1.29 bits per heavy atom. The van der Waals surface area contributed by atoms with Crippen molar-refractivity contribution in [2.24, 2.45) is 0 Å². The molecule has 0 unspecified atom stereocenters. The number of hydrogen-bond donors (Lipinski definition) is 0. The fourth-order valence-corrected chi connectivity index (χ4v) is 4.56. The van der Waals surface area contributed by atoms with E-state index in [1.807, 2.05) is 25.3 Å². The zero-order chi connectivity index (χ0) is 20.3. The molecule has 1 saturated heterocycles. The lowest BCUT2D eigenvalue weighted by Crippen LogP contribution is -2.40. The maximum atomic E-state index is 12.9. The first-order valence-electron chi connectivity index (χ1n) is 9.21. The van der Waals surface area contributed by atoms with Crippen molar-refractivity contribution in [1.29, 1.82) is 0 Å². The van der Waals surface area contributed by atoms with Crippen molar-refractivity contribution < 1.29 is 22.7 Å². The first kappa shape index (κ1) is 20.5. The maximum absolute atomic E-state index is 12.9. The summed E-state index contributed by atoms with van der Waals surface area (Å²) in [5.74, 6) is 0.152. The number of esters is 1. The Labute approximate surface area is 164 Å². The molecule has 2 aromatic rings. The number of hydrogen-bond acceptors (Lipinski definition) is 6. The lowest BCUT2D eigenvalue weighted by Gasteiger charge is -2.26. The number of imidazole rings is 1. The maximum Gasteiger partial charge on any atom is 0.331 e. The van der Waals surface area contributed by atoms with Gasteiger partial charge in [-0.05, 0) is 39.0 Å². The highest BCUT2D eigenvalue weighted by Crippen LogP contribution is 2.24. The Morgan fingerprint density at radius 2 is 2.00 bits per heavy atom. The summed E-state index contributed by atoms with van der Waals surface area (Å²) < 4.78 is 39.6. The molecule has 0 amide bonds. The van der Waals surface area contributed by atoms with Crippen LogP contribution in [0.5, 0.6) is 0 Å². The zero-order valence-electron chi connectivity index (χ0n) is 16.3. The number of ether oxygens (including phenoxy) is 2. The highest BCUT2D eigenvalue weighted by atomic mass is 32.2. The fourth-order valence-electron chi connectivity index (χ4n) is 3.13. The van der Waals surface area contributed by atoms with Gasteiger partial charge in [0.2, 0.25) is 10.0 Å². The van der Waals surface area contributed by atoms with Crippen molar-refractivity contribution in [3.8, 4) is 0 Å². The Bertz CT molecular complexity index is 1000. The van der Waals surface area contributed by atoms with Crippen LogP contribution in [0.2, 0.25) is 0 Å². The van der Waals surface area contributed by atoms with Crippen LogP contribution in [-0.4, -0.2) is 54.5 Å². The van der Waals surface area contributed by atoms with E-state index in [1.54, 1.807) is 18.2 Å². The minimum Gasteiger partial charge on any atom is -0.454 e. The fraction of sp³-hybridized carbons (Fsp3) is 0.474. The van der Waals surface area contributed by atoms with E-state index in [4.69, 9.17) is 9.47 Å². The van der Waals surface area contributed by atoms with Gasteiger partial charge < -0.3 is 14.0 Å².